The standard InChI is InChI=1S/C14H17FN2O/c1-17-12(10-6-2-3-7-11(10)15)16-14(13(17)18)8-4-5-9-14/h2-3,6-7,12,16H,4-5,8-9H2,1H3. The van der Waals surface area contributed by atoms with E-state index in [4.69, 9.17) is 0 Å². The third-order valence-corrected chi connectivity index (χ3v) is 4.19. The van der Waals surface area contributed by atoms with Gasteiger partial charge in [0.05, 0.1) is 5.54 Å². The van der Waals surface area contributed by atoms with Crippen molar-refractivity contribution in [3.8, 4) is 0 Å². The molecule has 18 heavy (non-hydrogen) atoms. The zero-order valence-corrected chi connectivity index (χ0v) is 10.4. The molecule has 0 bridgehead atoms. The summed E-state index contributed by atoms with van der Waals surface area (Å²) in [5, 5.41) is 3.36. The summed E-state index contributed by atoms with van der Waals surface area (Å²) in [5.74, 6) is -0.155. The van der Waals surface area contributed by atoms with Crippen LogP contribution in [0, 0.1) is 5.82 Å². The van der Waals surface area contributed by atoms with E-state index in [1.165, 1.54) is 6.07 Å². The molecule has 2 fully saturated rings. The van der Waals surface area contributed by atoms with Gasteiger partial charge < -0.3 is 4.90 Å². The molecule has 1 spiro atoms. The smallest absolute Gasteiger partial charge is 0.244 e. The molecule has 1 saturated carbocycles. The van der Waals surface area contributed by atoms with E-state index in [0.717, 1.165) is 25.7 Å². The Labute approximate surface area is 106 Å². The van der Waals surface area contributed by atoms with E-state index in [1.54, 1.807) is 30.1 Å². The Hall–Kier alpha value is -1.42. The molecule has 96 valence electrons. The van der Waals surface area contributed by atoms with Gasteiger partial charge in [0.1, 0.15) is 12.0 Å². The highest BCUT2D eigenvalue weighted by Gasteiger charge is 2.51. The van der Waals surface area contributed by atoms with Crippen molar-refractivity contribution in [2.45, 2.75) is 37.4 Å². The third kappa shape index (κ3) is 1.56. The van der Waals surface area contributed by atoms with E-state index < -0.39 is 5.54 Å². The highest BCUT2D eigenvalue weighted by atomic mass is 19.1. The number of halogens is 1. The van der Waals surface area contributed by atoms with Crippen LogP contribution in [0.2, 0.25) is 0 Å². The lowest BCUT2D eigenvalue weighted by molar-refractivity contribution is -0.132. The second-order valence-electron chi connectivity index (χ2n) is 5.27. The Balaban J connectivity index is 1.96. The summed E-state index contributed by atoms with van der Waals surface area (Å²) in [4.78, 5) is 14.0. The lowest BCUT2D eigenvalue weighted by Gasteiger charge is -2.21. The fraction of sp³-hybridized carbons (Fsp3) is 0.500. The molecule has 2 aliphatic rings. The average Bonchev–Trinajstić information content (AvgIpc) is 2.93. The van der Waals surface area contributed by atoms with Crippen LogP contribution in [0.15, 0.2) is 24.3 Å². The second kappa shape index (κ2) is 4.05. The fourth-order valence-electron chi connectivity index (χ4n) is 3.20. The number of rotatable bonds is 1. The van der Waals surface area contributed by atoms with Gasteiger partial charge in [-0.05, 0) is 18.9 Å². The van der Waals surface area contributed by atoms with Crippen LogP contribution in [0.5, 0.6) is 0 Å². The van der Waals surface area contributed by atoms with Gasteiger partial charge in [0, 0.05) is 12.6 Å². The summed E-state index contributed by atoms with van der Waals surface area (Å²) < 4.78 is 13.8. The molecule has 1 amide bonds. The van der Waals surface area contributed by atoms with Crippen LogP contribution in [-0.4, -0.2) is 23.4 Å². The summed E-state index contributed by atoms with van der Waals surface area (Å²) in [5.41, 5.74) is 0.110. The summed E-state index contributed by atoms with van der Waals surface area (Å²) in [6.07, 6.45) is 3.52. The number of nitrogens with one attached hydrogen (secondary N) is 1. The van der Waals surface area contributed by atoms with E-state index in [9.17, 15) is 9.18 Å². The summed E-state index contributed by atoms with van der Waals surface area (Å²) in [7, 11) is 1.75. The largest absolute Gasteiger partial charge is 0.324 e. The van der Waals surface area contributed by atoms with E-state index in [2.05, 4.69) is 5.32 Å². The zero-order chi connectivity index (χ0) is 12.8. The van der Waals surface area contributed by atoms with Gasteiger partial charge in [-0.15, -0.1) is 0 Å². The molecule has 0 radical (unpaired) electrons. The maximum absolute atomic E-state index is 13.8. The van der Waals surface area contributed by atoms with Crippen molar-refractivity contribution >= 4 is 5.91 Å². The Bertz CT molecular complexity index is 482. The number of hydrogen-bond acceptors (Lipinski definition) is 2. The van der Waals surface area contributed by atoms with Gasteiger partial charge in [0.25, 0.3) is 0 Å². The Morgan fingerprint density at radius 1 is 1.33 bits per heavy atom. The van der Waals surface area contributed by atoms with Gasteiger partial charge >= 0.3 is 0 Å². The predicted octanol–water partition coefficient (Wildman–Crippen LogP) is 2.20. The van der Waals surface area contributed by atoms with Crippen LogP contribution in [0.25, 0.3) is 0 Å². The molecule has 1 atom stereocenters. The van der Waals surface area contributed by atoms with Crippen LogP contribution in [0.1, 0.15) is 37.4 Å². The lowest BCUT2D eigenvalue weighted by atomic mass is 9.98. The molecule has 1 aromatic rings. The molecule has 3 rings (SSSR count). The van der Waals surface area contributed by atoms with E-state index in [0.29, 0.717) is 5.56 Å². The van der Waals surface area contributed by atoms with Crippen LogP contribution >= 0.6 is 0 Å². The first-order valence-electron chi connectivity index (χ1n) is 6.43. The molecule has 1 heterocycles. The number of benzene rings is 1. The van der Waals surface area contributed by atoms with Crippen LogP contribution < -0.4 is 5.32 Å². The molecule has 4 heteroatoms. The molecule has 1 aromatic carbocycles. The van der Waals surface area contributed by atoms with Crippen molar-refractivity contribution in [1.29, 1.82) is 0 Å². The number of nitrogens with zero attached hydrogens (tertiary/aromatic N) is 1. The van der Waals surface area contributed by atoms with Crippen molar-refractivity contribution in [2.24, 2.45) is 0 Å². The maximum atomic E-state index is 13.8. The van der Waals surface area contributed by atoms with Crippen molar-refractivity contribution < 1.29 is 9.18 Å². The monoisotopic (exact) mass is 248 g/mol. The van der Waals surface area contributed by atoms with Crippen LogP contribution in [-0.2, 0) is 4.79 Å². The molecular formula is C14H17FN2O. The molecule has 1 unspecified atom stereocenters. The highest BCUT2D eigenvalue weighted by molar-refractivity contribution is 5.89. The number of amides is 1. The van der Waals surface area contributed by atoms with Crippen molar-refractivity contribution in [1.82, 2.24) is 10.2 Å². The highest BCUT2D eigenvalue weighted by Crippen LogP contribution is 2.40. The van der Waals surface area contributed by atoms with Crippen LogP contribution in [0.4, 0.5) is 4.39 Å². The molecule has 1 saturated heterocycles. The molecular weight excluding hydrogens is 231 g/mol. The molecule has 3 nitrogen and oxygen atoms in total. The summed E-state index contributed by atoms with van der Waals surface area (Å²) in [6.45, 7) is 0. The molecule has 0 aromatic heterocycles. The predicted molar refractivity (Wildman–Crippen MR) is 66.2 cm³/mol. The molecule has 1 aliphatic carbocycles. The number of carbonyl (C=O) groups excluding carboxylic acids is 1. The zero-order valence-electron chi connectivity index (χ0n) is 10.4. The summed E-state index contributed by atoms with van der Waals surface area (Å²) in [6, 6.07) is 6.65. The normalized spacial score (nSPS) is 26.2. The SMILES string of the molecule is CN1C(=O)C2(CCCC2)NC1c1ccccc1F. The number of likely N-dealkylation sites (N-methyl/N-ethyl adjacent to an activating group) is 1. The van der Waals surface area contributed by atoms with Gasteiger partial charge in [0.2, 0.25) is 5.91 Å². The molecule has 1 N–H and O–H groups in total. The fourth-order valence-corrected chi connectivity index (χ4v) is 3.20. The van der Waals surface area contributed by atoms with E-state index in [-0.39, 0.29) is 17.9 Å². The Kier molecular flexibility index (Phi) is 2.63. The first-order chi connectivity index (χ1) is 8.64. The minimum Gasteiger partial charge on any atom is -0.324 e. The topological polar surface area (TPSA) is 32.3 Å². The first kappa shape index (κ1) is 11.7. The minimum absolute atomic E-state index is 0.105. The van der Waals surface area contributed by atoms with Gasteiger partial charge in [-0.2, -0.15) is 0 Å². The summed E-state index contributed by atoms with van der Waals surface area (Å²) >= 11 is 0. The van der Waals surface area contributed by atoms with Crippen LogP contribution in [0.3, 0.4) is 0 Å². The quantitative estimate of drug-likeness (QED) is 0.826. The second-order valence-corrected chi connectivity index (χ2v) is 5.27. The molecule has 1 aliphatic heterocycles. The minimum atomic E-state index is -0.443. The lowest BCUT2D eigenvalue weighted by Crippen LogP contribution is -2.43. The van der Waals surface area contributed by atoms with Crippen molar-refractivity contribution in [3.63, 3.8) is 0 Å². The van der Waals surface area contributed by atoms with E-state index >= 15 is 0 Å². The average molecular weight is 248 g/mol. The Morgan fingerprint density at radius 2 is 2.00 bits per heavy atom. The van der Waals surface area contributed by atoms with Gasteiger partial charge in [0.15, 0.2) is 0 Å². The third-order valence-electron chi connectivity index (χ3n) is 4.19. The van der Waals surface area contributed by atoms with Gasteiger partial charge in [-0.3, -0.25) is 10.1 Å². The number of carbonyl (C=O) groups is 1. The van der Waals surface area contributed by atoms with Gasteiger partial charge in [-0.1, -0.05) is 31.0 Å². The van der Waals surface area contributed by atoms with Gasteiger partial charge in [-0.25, -0.2) is 4.39 Å². The maximum Gasteiger partial charge on any atom is 0.244 e. The van der Waals surface area contributed by atoms with Crippen molar-refractivity contribution in [2.75, 3.05) is 7.05 Å². The Morgan fingerprint density at radius 3 is 2.67 bits per heavy atom. The van der Waals surface area contributed by atoms with Crippen molar-refractivity contribution in [3.05, 3.63) is 35.6 Å². The first-order valence-corrected chi connectivity index (χ1v) is 6.43. The van der Waals surface area contributed by atoms with E-state index in [1.807, 2.05) is 0 Å². The number of hydrogen-bond donors (Lipinski definition) is 1.